The van der Waals surface area contributed by atoms with Crippen LogP contribution >= 0.6 is 0 Å². The largest absolute Gasteiger partial charge is 0.311 e. The average Bonchev–Trinajstić information content (AvgIpc) is 2.69. The highest BCUT2D eigenvalue weighted by Crippen LogP contribution is 2.25. The van der Waals surface area contributed by atoms with Gasteiger partial charge in [0.25, 0.3) is 0 Å². The summed E-state index contributed by atoms with van der Waals surface area (Å²) in [5.74, 6) is 0.927. The van der Waals surface area contributed by atoms with Crippen LogP contribution in [0.4, 0.5) is 0 Å². The topological polar surface area (TPSA) is 29.9 Å². The van der Waals surface area contributed by atoms with Crippen LogP contribution in [0.5, 0.6) is 0 Å². The van der Waals surface area contributed by atoms with Crippen molar-refractivity contribution in [1.82, 2.24) is 15.1 Å². The smallest absolute Gasteiger partial charge is 0.0762 e. The fraction of sp³-hybridized carbons (Fsp3) is 0.769. The van der Waals surface area contributed by atoms with E-state index in [1.54, 1.807) is 0 Å². The molecule has 0 spiro atoms. The molecule has 1 N–H and O–H groups in total. The second-order valence-electron chi connectivity index (χ2n) is 4.97. The Hall–Kier alpha value is -0.830. The number of hydrogen-bond donors (Lipinski definition) is 1. The van der Waals surface area contributed by atoms with Crippen molar-refractivity contribution in [2.75, 3.05) is 6.54 Å². The summed E-state index contributed by atoms with van der Waals surface area (Å²) in [6.07, 6.45) is 7.47. The molecular weight excluding hydrogens is 198 g/mol. The second kappa shape index (κ2) is 5.48. The van der Waals surface area contributed by atoms with Crippen molar-refractivity contribution in [1.29, 1.82) is 0 Å². The Kier molecular flexibility index (Phi) is 3.99. The lowest BCUT2D eigenvalue weighted by molar-refractivity contribution is 0.300. The molecule has 0 radical (unpaired) electrons. The van der Waals surface area contributed by atoms with Gasteiger partial charge in [0, 0.05) is 18.8 Å². The Morgan fingerprint density at radius 1 is 1.56 bits per heavy atom. The first kappa shape index (κ1) is 11.6. The van der Waals surface area contributed by atoms with Crippen molar-refractivity contribution in [3.05, 3.63) is 18.0 Å². The normalized spacial score (nSPS) is 18.4. The Labute approximate surface area is 98.2 Å². The molecule has 1 heterocycles. The maximum absolute atomic E-state index is 4.58. The molecule has 2 rings (SSSR count). The quantitative estimate of drug-likeness (QED) is 0.800. The van der Waals surface area contributed by atoms with Gasteiger partial charge in [0.2, 0.25) is 0 Å². The summed E-state index contributed by atoms with van der Waals surface area (Å²) in [7, 11) is 0. The summed E-state index contributed by atoms with van der Waals surface area (Å²) in [6, 6.07) is 2.64. The van der Waals surface area contributed by atoms with Crippen LogP contribution in [0.2, 0.25) is 0 Å². The van der Waals surface area contributed by atoms with E-state index in [1.807, 2.05) is 0 Å². The zero-order chi connectivity index (χ0) is 11.4. The SMILES string of the molecule is CCC(C)n1ccc(CNCC2CCC2)n1. The summed E-state index contributed by atoms with van der Waals surface area (Å²) in [4.78, 5) is 0. The predicted octanol–water partition coefficient (Wildman–Crippen LogP) is 2.74. The maximum atomic E-state index is 4.58. The van der Waals surface area contributed by atoms with Crippen LogP contribution in [-0.4, -0.2) is 16.3 Å². The molecule has 1 fully saturated rings. The van der Waals surface area contributed by atoms with Gasteiger partial charge < -0.3 is 5.32 Å². The highest BCUT2D eigenvalue weighted by Gasteiger charge is 2.16. The van der Waals surface area contributed by atoms with Gasteiger partial charge in [0.15, 0.2) is 0 Å². The van der Waals surface area contributed by atoms with E-state index < -0.39 is 0 Å². The van der Waals surface area contributed by atoms with Crippen LogP contribution in [0.3, 0.4) is 0 Å². The highest BCUT2D eigenvalue weighted by atomic mass is 15.3. The molecule has 3 heteroatoms. The molecule has 0 bridgehead atoms. The molecule has 1 aromatic heterocycles. The van der Waals surface area contributed by atoms with Gasteiger partial charge in [0.05, 0.1) is 5.69 Å². The molecule has 90 valence electrons. The van der Waals surface area contributed by atoms with Crippen LogP contribution in [0, 0.1) is 5.92 Å². The minimum Gasteiger partial charge on any atom is -0.311 e. The molecule has 1 saturated carbocycles. The molecule has 1 unspecified atom stereocenters. The first-order valence-corrected chi connectivity index (χ1v) is 6.54. The van der Waals surface area contributed by atoms with E-state index in [4.69, 9.17) is 0 Å². The second-order valence-corrected chi connectivity index (χ2v) is 4.97. The minimum absolute atomic E-state index is 0.514. The summed E-state index contributed by atoms with van der Waals surface area (Å²) >= 11 is 0. The highest BCUT2D eigenvalue weighted by molar-refractivity contribution is 4.99. The van der Waals surface area contributed by atoms with E-state index in [1.165, 1.54) is 25.0 Å². The van der Waals surface area contributed by atoms with E-state index in [-0.39, 0.29) is 0 Å². The monoisotopic (exact) mass is 221 g/mol. The van der Waals surface area contributed by atoms with Crippen LogP contribution in [0.15, 0.2) is 12.3 Å². The zero-order valence-corrected chi connectivity index (χ0v) is 10.4. The molecule has 0 saturated heterocycles. The van der Waals surface area contributed by atoms with E-state index in [0.717, 1.165) is 25.4 Å². The molecule has 0 aliphatic heterocycles. The lowest BCUT2D eigenvalue weighted by Gasteiger charge is -2.25. The van der Waals surface area contributed by atoms with Gasteiger partial charge in [-0.1, -0.05) is 13.3 Å². The standard InChI is InChI=1S/C13H23N3/c1-3-11(2)16-8-7-13(15-16)10-14-9-12-5-4-6-12/h7-8,11-12,14H,3-6,9-10H2,1-2H3. The number of aromatic nitrogens is 2. The van der Waals surface area contributed by atoms with Crippen molar-refractivity contribution in [3.63, 3.8) is 0 Å². The van der Waals surface area contributed by atoms with Gasteiger partial charge in [-0.2, -0.15) is 5.10 Å². The molecule has 1 atom stereocenters. The minimum atomic E-state index is 0.514. The van der Waals surface area contributed by atoms with Crippen LogP contribution < -0.4 is 5.32 Å². The first-order chi connectivity index (χ1) is 7.79. The van der Waals surface area contributed by atoms with Gasteiger partial charge in [-0.15, -0.1) is 0 Å². The average molecular weight is 221 g/mol. The molecule has 1 aromatic rings. The number of rotatable bonds is 6. The summed E-state index contributed by atoms with van der Waals surface area (Å²) < 4.78 is 2.07. The van der Waals surface area contributed by atoms with Crippen molar-refractivity contribution in [2.45, 2.75) is 52.1 Å². The van der Waals surface area contributed by atoms with Gasteiger partial charge in [-0.3, -0.25) is 4.68 Å². The van der Waals surface area contributed by atoms with Crippen LogP contribution in [-0.2, 0) is 6.54 Å². The molecule has 16 heavy (non-hydrogen) atoms. The van der Waals surface area contributed by atoms with E-state index in [2.05, 4.69) is 41.2 Å². The lowest BCUT2D eigenvalue weighted by atomic mass is 9.85. The summed E-state index contributed by atoms with van der Waals surface area (Å²) in [6.45, 7) is 6.48. The number of nitrogens with zero attached hydrogens (tertiary/aromatic N) is 2. The van der Waals surface area contributed by atoms with Crippen molar-refractivity contribution in [3.8, 4) is 0 Å². The molecule has 1 aliphatic carbocycles. The van der Waals surface area contributed by atoms with Gasteiger partial charge in [-0.05, 0) is 44.7 Å². The van der Waals surface area contributed by atoms with Gasteiger partial charge in [-0.25, -0.2) is 0 Å². The molecule has 3 nitrogen and oxygen atoms in total. The van der Waals surface area contributed by atoms with E-state index in [9.17, 15) is 0 Å². The Bertz CT molecular complexity index is 315. The third-order valence-corrected chi connectivity index (χ3v) is 3.67. The summed E-state index contributed by atoms with van der Waals surface area (Å²) in [5, 5.41) is 8.07. The Morgan fingerprint density at radius 2 is 2.38 bits per heavy atom. The Morgan fingerprint density at radius 3 is 3.00 bits per heavy atom. The van der Waals surface area contributed by atoms with Crippen molar-refractivity contribution < 1.29 is 0 Å². The van der Waals surface area contributed by atoms with E-state index >= 15 is 0 Å². The van der Waals surface area contributed by atoms with Crippen molar-refractivity contribution in [2.24, 2.45) is 5.92 Å². The van der Waals surface area contributed by atoms with Gasteiger partial charge >= 0.3 is 0 Å². The third-order valence-electron chi connectivity index (χ3n) is 3.67. The molecule has 0 amide bonds. The number of nitrogens with one attached hydrogen (secondary N) is 1. The maximum Gasteiger partial charge on any atom is 0.0762 e. The van der Waals surface area contributed by atoms with Crippen LogP contribution in [0.25, 0.3) is 0 Å². The van der Waals surface area contributed by atoms with Crippen molar-refractivity contribution >= 4 is 0 Å². The Balaban J connectivity index is 1.73. The third kappa shape index (κ3) is 2.85. The fourth-order valence-corrected chi connectivity index (χ4v) is 2.01. The lowest BCUT2D eigenvalue weighted by Crippen LogP contribution is -2.27. The fourth-order valence-electron chi connectivity index (χ4n) is 2.01. The molecular formula is C13H23N3. The first-order valence-electron chi connectivity index (χ1n) is 6.54. The van der Waals surface area contributed by atoms with E-state index in [0.29, 0.717) is 6.04 Å². The molecule has 0 aromatic carbocycles. The van der Waals surface area contributed by atoms with Crippen LogP contribution in [0.1, 0.15) is 51.3 Å². The van der Waals surface area contributed by atoms with Gasteiger partial charge in [0.1, 0.15) is 0 Å². The predicted molar refractivity (Wildman–Crippen MR) is 66.3 cm³/mol. The number of hydrogen-bond acceptors (Lipinski definition) is 2. The zero-order valence-electron chi connectivity index (χ0n) is 10.4. The molecule has 1 aliphatic rings. The summed E-state index contributed by atoms with van der Waals surface area (Å²) in [5.41, 5.74) is 1.17.